The van der Waals surface area contributed by atoms with Crippen molar-refractivity contribution in [1.82, 2.24) is 0 Å². The van der Waals surface area contributed by atoms with Crippen LogP contribution in [0.2, 0.25) is 0 Å². The van der Waals surface area contributed by atoms with Crippen LogP contribution in [0.15, 0.2) is 29.2 Å². The molecule has 5 heteroatoms. The summed E-state index contributed by atoms with van der Waals surface area (Å²) in [6.07, 6.45) is -1.22. The fourth-order valence-electron chi connectivity index (χ4n) is 1.51. The normalized spacial score (nSPS) is 17.3. The second-order valence-corrected chi connectivity index (χ2v) is 5.08. The van der Waals surface area contributed by atoms with Crippen molar-refractivity contribution in [2.75, 3.05) is 20.3 Å². The molecule has 1 aromatic rings. The molecule has 0 radical (unpaired) electrons. The summed E-state index contributed by atoms with van der Waals surface area (Å²) in [7, 11) is 1.26. The van der Waals surface area contributed by atoms with Gasteiger partial charge >= 0.3 is 5.97 Å². The molecule has 0 spiro atoms. The largest absolute Gasteiger partial charge is 0.467 e. The third-order valence-electron chi connectivity index (χ3n) is 2.54. The topological polar surface area (TPSA) is 55.8 Å². The summed E-state index contributed by atoms with van der Waals surface area (Å²) in [6, 6.07) is 7.31. The molecule has 1 fully saturated rings. The minimum absolute atomic E-state index is 0.404. The molecule has 1 unspecified atom stereocenters. The molecule has 0 saturated carbocycles. The van der Waals surface area contributed by atoms with Gasteiger partial charge in [-0.1, -0.05) is 18.2 Å². The van der Waals surface area contributed by atoms with Crippen molar-refractivity contribution in [2.24, 2.45) is 0 Å². The molecule has 2 rings (SSSR count). The highest BCUT2D eigenvalue weighted by Gasteiger charge is 2.25. The Morgan fingerprint density at radius 3 is 2.82 bits per heavy atom. The predicted molar refractivity (Wildman–Crippen MR) is 63.9 cm³/mol. The maximum Gasteiger partial charge on any atom is 0.339 e. The second-order valence-electron chi connectivity index (χ2n) is 3.74. The van der Waals surface area contributed by atoms with Crippen molar-refractivity contribution in [3.8, 4) is 0 Å². The number of thioether (sulfide) groups is 1. The Balaban J connectivity index is 2.16. The van der Waals surface area contributed by atoms with E-state index in [1.807, 2.05) is 12.1 Å². The molecular weight excluding hydrogens is 240 g/mol. The fourth-order valence-corrected chi connectivity index (χ4v) is 2.67. The summed E-state index contributed by atoms with van der Waals surface area (Å²) in [5.74, 6) is -0.636. The molecule has 0 bridgehead atoms. The lowest BCUT2D eigenvalue weighted by atomic mass is 10.1. The number of benzene rings is 1. The predicted octanol–water partition coefficient (Wildman–Crippen LogP) is 1.38. The zero-order valence-corrected chi connectivity index (χ0v) is 10.3. The Kier molecular flexibility index (Phi) is 4.04. The van der Waals surface area contributed by atoms with Crippen LogP contribution in [0.1, 0.15) is 11.7 Å². The van der Waals surface area contributed by atoms with Crippen molar-refractivity contribution < 1.29 is 19.4 Å². The van der Waals surface area contributed by atoms with Crippen LogP contribution in [0.25, 0.3) is 0 Å². The molecule has 4 nitrogen and oxygen atoms in total. The first kappa shape index (κ1) is 12.4. The quantitative estimate of drug-likeness (QED) is 0.823. The molecule has 1 aromatic carbocycles. The van der Waals surface area contributed by atoms with Crippen LogP contribution >= 0.6 is 11.8 Å². The molecule has 1 saturated heterocycles. The van der Waals surface area contributed by atoms with Crippen molar-refractivity contribution in [1.29, 1.82) is 0 Å². The molecule has 0 aromatic heterocycles. The summed E-state index contributed by atoms with van der Waals surface area (Å²) in [6.45, 7) is 1.43. The van der Waals surface area contributed by atoms with E-state index in [0.29, 0.717) is 24.0 Å². The van der Waals surface area contributed by atoms with Crippen LogP contribution in [-0.2, 0) is 14.3 Å². The lowest BCUT2D eigenvalue weighted by Gasteiger charge is -2.26. The van der Waals surface area contributed by atoms with Crippen LogP contribution in [0.3, 0.4) is 0 Å². The number of hydrogen-bond acceptors (Lipinski definition) is 5. The van der Waals surface area contributed by atoms with E-state index >= 15 is 0 Å². The standard InChI is InChI=1S/C12H14O4S/c1-15-12(14)11(13)9-4-2-3-5-10(9)17-8-6-16-7-8/h2-5,8,11,13H,6-7H2,1H3. The van der Waals surface area contributed by atoms with Crippen molar-refractivity contribution >= 4 is 17.7 Å². The van der Waals surface area contributed by atoms with Crippen LogP contribution in [0, 0.1) is 0 Å². The molecular formula is C12H14O4S. The lowest BCUT2D eigenvalue weighted by Crippen LogP contribution is -2.30. The minimum atomic E-state index is -1.22. The molecule has 92 valence electrons. The van der Waals surface area contributed by atoms with Gasteiger partial charge in [-0.25, -0.2) is 4.79 Å². The van der Waals surface area contributed by atoms with Gasteiger partial charge in [-0.15, -0.1) is 11.8 Å². The molecule has 0 aliphatic carbocycles. The van der Waals surface area contributed by atoms with E-state index in [1.165, 1.54) is 7.11 Å². The summed E-state index contributed by atoms with van der Waals surface area (Å²) in [5, 5.41) is 10.3. The summed E-state index contributed by atoms with van der Waals surface area (Å²) >= 11 is 1.62. The van der Waals surface area contributed by atoms with Gasteiger partial charge in [0, 0.05) is 10.5 Å². The van der Waals surface area contributed by atoms with E-state index < -0.39 is 12.1 Å². The van der Waals surface area contributed by atoms with E-state index in [-0.39, 0.29) is 0 Å². The van der Waals surface area contributed by atoms with E-state index in [9.17, 15) is 9.90 Å². The first-order valence-corrected chi connectivity index (χ1v) is 6.19. The summed E-state index contributed by atoms with van der Waals surface area (Å²) in [5.41, 5.74) is 0.594. The van der Waals surface area contributed by atoms with Gasteiger partial charge in [-0.2, -0.15) is 0 Å². The second kappa shape index (κ2) is 5.53. The zero-order chi connectivity index (χ0) is 12.3. The summed E-state index contributed by atoms with van der Waals surface area (Å²) in [4.78, 5) is 12.2. The van der Waals surface area contributed by atoms with Gasteiger partial charge < -0.3 is 14.6 Å². The van der Waals surface area contributed by atoms with Gasteiger partial charge in [0.1, 0.15) is 0 Å². The maximum atomic E-state index is 11.3. The minimum Gasteiger partial charge on any atom is -0.467 e. The number of aliphatic hydroxyl groups excluding tert-OH is 1. The Hall–Kier alpha value is -1.04. The van der Waals surface area contributed by atoms with Gasteiger partial charge in [0.2, 0.25) is 0 Å². The van der Waals surface area contributed by atoms with E-state index in [1.54, 1.807) is 23.9 Å². The first-order valence-electron chi connectivity index (χ1n) is 5.31. The number of esters is 1. The highest BCUT2D eigenvalue weighted by Crippen LogP contribution is 2.33. The Labute approximate surface area is 104 Å². The van der Waals surface area contributed by atoms with Gasteiger partial charge in [0.25, 0.3) is 0 Å². The summed E-state index contributed by atoms with van der Waals surface area (Å²) < 4.78 is 9.64. The fraction of sp³-hybridized carbons (Fsp3) is 0.417. The number of hydrogen-bond donors (Lipinski definition) is 1. The molecule has 1 heterocycles. The molecule has 1 N–H and O–H groups in total. The van der Waals surface area contributed by atoms with E-state index in [0.717, 1.165) is 4.90 Å². The molecule has 1 atom stereocenters. The molecule has 0 amide bonds. The first-order chi connectivity index (χ1) is 8.22. The monoisotopic (exact) mass is 254 g/mol. The van der Waals surface area contributed by atoms with Crippen LogP contribution in [0.4, 0.5) is 0 Å². The van der Waals surface area contributed by atoms with Crippen LogP contribution in [0.5, 0.6) is 0 Å². The zero-order valence-electron chi connectivity index (χ0n) is 9.46. The lowest BCUT2D eigenvalue weighted by molar-refractivity contribution is -0.150. The van der Waals surface area contributed by atoms with Crippen molar-refractivity contribution in [3.63, 3.8) is 0 Å². The number of aliphatic hydroxyl groups is 1. The van der Waals surface area contributed by atoms with E-state index in [2.05, 4.69) is 4.74 Å². The van der Waals surface area contributed by atoms with Crippen LogP contribution in [-0.4, -0.2) is 36.6 Å². The van der Waals surface area contributed by atoms with Crippen molar-refractivity contribution in [3.05, 3.63) is 29.8 Å². The molecule has 17 heavy (non-hydrogen) atoms. The third-order valence-corrected chi connectivity index (χ3v) is 3.77. The smallest absolute Gasteiger partial charge is 0.339 e. The van der Waals surface area contributed by atoms with E-state index in [4.69, 9.17) is 4.74 Å². The number of rotatable bonds is 4. The van der Waals surface area contributed by atoms with Crippen molar-refractivity contribution in [2.45, 2.75) is 16.2 Å². The SMILES string of the molecule is COC(=O)C(O)c1ccccc1SC1COC1. The maximum absolute atomic E-state index is 11.3. The number of carbonyl (C=O) groups is 1. The average molecular weight is 254 g/mol. The highest BCUT2D eigenvalue weighted by molar-refractivity contribution is 8.00. The Bertz CT molecular complexity index is 403. The molecule has 1 aliphatic rings. The van der Waals surface area contributed by atoms with Gasteiger partial charge in [-0.3, -0.25) is 0 Å². The van der Waals surface area contributed by atoms with Gasteiger partial charge in [-0.05, 0) is 6.07 Å². The van der Waals surface area contributed by atoms with Crippen LogP contribution < -0.4 is 0 Å². The average Bonchev–Trinajstić information content (AvgIpc) is 2.32. The number of carbonyl (C=O) groups excluding carboxylic acids is 1. The number of ether oxygens (including phenoxy) is 2. The molecule has 1 aliphatic heterocycles. The number of methoxy groups -OCH3 is 1. The highest BCUT2D eigenvalue weighted by atomic mass is 32.2. The Morgan fingerprint density at radius 2 is 2.24 bits per heavy atom. The van der Waals surface area contributed by atoms with Gasteiger partial charge in [0.15, 0.2) is 6.10 Å². The third kappa shape index (κ3) is 2.80. The Morgan fingerprint density at radius 1 is 1.53 bits per heavy atom. The van der Waals surface area contributed by atoms with Gasteiger partial charge in [0.05, 0.1) is 25.6 Å².